The Morgan fingerprint density at radius 1 is 0.976 bits per heavy atom. The van der Waals surface area contributed by atoms with Gasteiger partial charge in [-0.15, -0.1) is 11.3 Å². The average molecular weight is 593 g/mol. The van der Waals surface area contributed by atoms with E-state index in [9.17, 15) is 23.5 Å². The first-order valence-electron chi connectivity index (χ1n) is 13.5. The minimum atomic E-state index is -4.92. The highest BCUT2D eigenvalue weighted by atomic mass is 32.1. The van der Waals surface area contributed by atoms with Gasteiger partial charge in [0.2, 0.25) is 5.60 Å². The number of phenolic OH excluding ortho intramolecular Hbond substituents is 1. The summed E-state index contributed by atoms with van der Waals surface area (Å²) >= 11 is 1.29. The molecule has 1 aromatic heterocycles. The van der Waals surface area contributed by atoms with E-state index in [0.717, 1.165) is 62.3 Å². The summed E-state index contributed by atoms with van der Waals surface area (Å²) < 4.78 is 47.1. The summed E-state index contributed by atoms with van der Waals surface area (Å²) in [7, 11) is 0. The fourth-order valence-corrected chi connectivity index (χ4v) is 5.18. The zero-order chi connectivity index (χ0) is 30.9. The van der Waals surface area contributed by atoms with Crippen LogP contribution in [0.4, 0.5) is 18.9 Å². The summed E-state index contributed by atoms with van der Waals surface area (Å²) in [6.07, 6.45) is 5.52. The molecule has 2 aromatic rings. The van der Waals surface area contributed by atoms with Crippen molar-refractivity contribution in [2.75, 3.05) is 18.0 Å². The van der Waals surface area contributed by atoms with Crippen LogP contribution in [0.3, 0.4) is 0 Å². The zero-order valence-electron chi connectivity index (χ0n) is 23.6. The maximum absolute atomic E-state index is 14.0. The summed E-state index contributed by atoms with van der Waals surface area (Å²) in [5, 5.41) is 38.6. The van der Waals surface area contributed by atoms with Crippen LogP contribution in [-0.4, -0.2) is 30.0 Å². The van der Waals surface area contributed by atoms with Gasteiger partial charge in [-0.05, 0) is 62.3 Å². The number of benzene rings is 1. The fourth-order valence-electron chi connectivity index (χ4n) is 4.36. The average Bonchev–Trinajstić information content (AvgIpc) is 3.53. The molecule has 0 spiro atoms. The van der Waals surface area contributed by atoms with Gasteiger partial charge in [0.1, 0.15) is 29.5 Å². The molecule has 0 fully saturated rings. The molecule has 3 rings (SSSR count). The molecular formula is C32H31F3N4O2S. The number of rotatable bonds is 11. The molecule has 1 aromatic carbocycles. The largest absolute Gasteiger partial charge is 0.507 e. The number of nitriles is 3. The molecule has 218 valence electrons. The van der Waals surface area contributed by atoms with Crippen molar-refractivity contribution in [2.24, 2.45) is 0 Å². The number of allylic oxidation sites excluding steroid dienone is 2. The molecule has 0 amide bonds. The van der Waals surface area contributed by atoms with Crippen LogP contribution in [0.15, 0.2) is 58.9 Å². The molecule has 0 saturated heterocycles. The van der Waals surface area contributed by atoms with Crippen molar-refractivity contribution >= 4 is 35.3 Å². The molecule has 1 atom stereocenters. The van der Waals surface area contributed by atoms with Crippen LogP contribution in [0.2, 0.25) is 0 Å². The molecule has 10 heteroatoms. The van der Waals surface area contributed by atoms with Crippen molar-refractivity contribution in [3.8, 4) is 24.0 Å². The molecule has 1 aliphatic heterocycles. The standard InChI is InChI=1S/C32H31F3N4O2S/c1-4-6-16-39(17-7-5-2)24-10-8-22(29(40)18-24)9-11-25-12-13-26(42-25)14-15-28-27(21-38)30(23(19-36)20-37)41-31(28,3)32(33,34)35/h8-15,18,40H,4-7,16-17H2,1-3H3/b11-9+,15-14+. The third-order valence-electron chi connectivity index (χ3n) is 6.85. The number of anilines is 1. The number of unbranched alkanes of at least 4 members (excludes halogenated alkanes) is 2. The first-order valence-corrected chi connectivity index (χ1v) is 14.3. The molecule has 1 aliphatic rings. The minimum absolute atomic E-state index is 0.153. The second-order valence-electron chi connectivity index (χ2n) is 9.81. The summed E-state index contributed by atoms with van der Waals surface area (Å²) in [4.78, 5) is 3.67. The van der Waals surface area contributed by atoms with Gasteiger partial charge < -0.3 is 14.7 Å². The predicted molar refractivity (Wildman–Crippen MR) is 159 cm³/mol. The Labute approximate surface area is 248 Å². The molecule has 1 N–H and O–H groups in total. The first-order chi connectivity index (χ1) is 20.0. The molecule has 6 nitrogen and oxygen atoms in total. The molecule has 0 aliphatic carbocycles. The fraction of sp³-hybridized carbons (Fsp3) is 0.344. The maximum Gasteiger partial charge on any atom is 0.432 e. The van der Waals surface area contributed by atoms with E-state index >= 15 is 0 Å². The summed E-state index contributed by atoms with van der Waals surface area (Å²) in [6.45, 7) is 6.90. The maximum atomic E-state index is 14.0. The Hall–Kier alpha value is -4.46. The number of aromatic hydroxyl groups is 1. The van der Waals surface area contributed by atoms with E-state index in [4.69, 9.17) is 15.3 Å². The van der Waals surface area contributed by atoms with Crippen LogP contribution >= 0.6 is 11.3 Å². The highest BCUT2D eigenvalue weighted by Gasteiger charge is 2.60. The quantitative estimate of drug-likeness (QED) is 0.262. The lowest BCUT2D eigenvalue weighted by atomic mass is 9.92. The van der Waals surface area contributed by atoms with Crippen LogP contribution < -0.4 is 4.90 Å². The number of thiophene rings is 1. The number of phenols is 1. The van der Waals surface area contributed by atoms with Crippen LogP contribution in [0, 0.1) is 34.0 Å². The lowest BCUT2D eigenvalue weighted by Crippen LogP contribution is -2.43. The van der Waals surface area contributed by atoms with E-state index in [1.807, 2.05) is 12.1 Å². The lowest BCUT2D eigenvalue weighted by Gasteiger charge is -2.28. The molecule has 2 heterocycles. The third kappa shape index (κ3) is 7.05. The van der Waals surface area contributed by atoms with Crippen molar-refractivity contribution in [2.45, 2.75) is 58.2 Å². The molecular weight excluding hydrogens is 561 g/mol. The Morgan fingerprint density at radius 2 is 1.57 bits per heavy atom. The smallest absolute Gasteiger partial charge is 0.432 e. The number of ether oxygens (including phenoxy) is 1. The lowest BCUT2D eigenvalue weighted by molar-refractivity contribution is -0.236. The van der Waals surface area contributed by atoms with Gasteiger partial charge in [-0.25, -0.2) is 0 Å². The monoisotopic (exact) mass is 592 g/mol. The van der Waals surface area contributed by atoms with Crippen LogP contribution in [0.25, 0.3) is 18.2 Å². The van der Waals surface area contributed by atoms with Crippen molar-refractivity contribution < 1.29 is 23.0 Å². The van der Waals surface area contributed by atoms with Gasteiger partial charge in [-0.2, -0.15) is 29.0 Å². The van der Waals surface area contributed by atoms with Gasteiger partial charge in [-0.1, -0.05) is 32.8 Å². The predicted octanol–water partition coefficient (Wildman–Crippen LogP) is 8.52. The van der Waals surface area contributed by atoms with Crippen molar-refractivity contribution in [3.63, 3.8) is 0 Å². The highest BCUT2D eigenvalue weighted by molar-refractivity contribution is 7.13. The Kier molecular flexibility index (Phi) is 10.6. The second kappa shape index (κ2) is 13.9. The number of halogens is 3. The Bertz CT molecular complexity index is 1520. The van der Waals surface area contributed by atoms with Gasteiger partial charge in [-0.3, -0.25) is 0 Å². The number of alkyl halides is 3. The van der Waals surface area contributed by atoms with Crippen molar-refractivity contribution in [1.29, 1.82) is 15.8 Å². The summed E-state index contributed by atoms with van der Waals surface area (Å²) in [5.74, 6) is -0.526. The topological polar surface area (TPSA) is 104 Å². The second-order valence-corrected chi connectivity index (χ2v) is 11.0. The highest BCUT2D eigenvalue weighted by Crippen LogP contribution is 2.49. The van der Waals surface area contributed by atoms with E-state index in [2.05, 4.69) is 18.7 Å². The van der Waals surface area contributed by atoms with E-state index < -0.39 is 34.3 Å². The van der Waals surface area contributed by atoms with Crippen molar-refractivity contribution in [1.82, 2.24) is 0 Å². The molecule has 1 unspecified atom stereocenters. The molecule has 0 saturated carbocycles. The van der Waals surface area contributed by atoms with Gasteiger partial charge in [0.25, 0.3) is 0 Å². The van der Waals surface area contributed by atoms with Crippen molar-refractivity contribution in [3.05, 3.63) is 74.2 Å². The number of hydrogen-bond donors (Lipinski definition) is 1. The van der Waals surface area contributed by atoms with E-state index in [1.54, 1.807) is 36.4 Å². The van der Waals surface area contributed by atoms with Crippen LogP contribution in [0.5, 0.6) is 5.75 Å². The van der Waals surface area contributed by atoms with E-state index in [0.29, 0.717) is 10.4 Å². The molecule has 0 radical (unpaired) electrons. The Balaban J connectivity index is 1.86. The van der Waals surface area contributed by atoms with Crippen LogP contribution in [-0.2, 0) is 4.74 Å². The van der Waals surface area contributed by atoms with Gasteiger partial charge in [0.05, 0.1) is 0 Å². The summed E-state index contributed by atoms with van der Waals surface area (Å²) in [5.41, 5.74) is -3.01. The van der Waals surface area contributed by atoms with Gasteiger partial charge in [0.15, 0.2) is 11.3 Å². The Morgan fingerprint density at radius 3 is 2.07 bits per heavy atom. The summed E-state index contributed by atoms with van der Waals surface area (Å²) in [6, 6.07) is 13.8. The van der Waals surface area contributed by atoms with Gasteiger partial charge in [0, 0.05) is 45.7 Å². The SMILES string of the molecule is CCCCN(CCCC)c1ccc(/C=C/c2ccc(/C=C/C3=C(C#N)C(=C(C#N)C#N)OC3(C)C(F)(F)F)s2)c(O)c1. The molecule has 42 heavy (non-hydrogen) atoms. The zero-order valence-corrected chi connectivity index (χ0v) is 24.4. The van der Waals surface area contributed by atoms with E-state index in [-0.39, 0.29) is 5.75 Å². The number of hydrogen-bond acceptors (Lipinski definition) is 7. The van der Waals surface area contributed by atoms with Gasteiger partial charge >= 0.3 is 6.18 Å². The number of nitrogens with zero attached hydrogens (tertiary/aromatic N) is 4. The normalized spacial score (nSPS) is 16.9. The van der Waals surface area contributed by atoms with E-state index in [1.165, 1.54) is 29.6 Å². The minimum Gasteiger partial charge on any atom is -0.507 e. The van der Waals surface area contributed by atoms with Crippen LogP contribution in [0.1, 0.15) is 61.8 Å². The molecule has 0 bridgehead atoms. The first kappa shape index (κ1) is 32.1. The third-order valence-corrected chi connectivity index (χ3v) is 7.87.